The van der Waals surface area contributed by atoms with Gasteiger partial charge < -0.3 is 14.6 Å². The SMILES string of the molecule is Cc1cc(C)c2c(c1)OC(c1cc(C)c(C)c(C)c1)CC2=O.Cc1cc(C)c2c(c1)OC(c1cc(C)c(C)c(C)c1)CC2O. The number of hydrogen-bond acceptors (Lipinski definition) is 4. The maximum atomic E-state index is 12.6. The Kier molecular flexibility index (Phi) is 8.77. The zero-order chi connectivity index (χ0) is 32.0. The molecule has 2 heterocycles. The van der Waals surface area contributed by atoms with Crippen LogP contribution in [0.5, 0.6) is 11.5 Å². The summed E-state index contributed by atoms with van der Waals surface area (Å²) in [4.78, 5) is 12.6. The number of Topliss-reactive ketones (excluding diaryl/α,β-unsaturated/α-hetero) is 1. The van der Waals surface area contributed by atoms with Crippen LogP contribution in [0.25, 0.3) is 0 Å². The lowest BCUT2D eigenvalue weighted by atomic mass is 9.89. The first-order valence-corrected chi connectivity index (χ1v) is 15.7. The molecule has 230 valence electrons. The topological polar surface area (TPSA) is 55.8 Å². The number of aliphatic hydroxyl groups excluding tert-OH is 1. The minimum absolute atomic E-state index is 0.0818. The average Bonchev–Trinajstić information content (AvgIpc) is 2.93. The van der Waals surface area contributed by atoms with Gasteiger partial charge in [-0.3, -0.25) is 4.79 Å². The van der Waals surface area contributed by atoms with E-state index in [1.807, 2.05) is 39.0 Å². The van der Waals surface area contributed by atoms with Crippen LogP contribution in [0.3, 0.4) is 0 Å². The van der Waals surface area contributed by atoms with E-state index in [9.17, 15) is 9.90 Å². The van der Waals surface area contributed by atoms with E-state index in [0.717, 1.165) is 50.4 Å². The fourth-order valence-corrected chi connectivity index (χ4v) is 6.73. The summed E-state index contributed by atoms with van der Waals surface area (Å²) < 4.78 is 12.4. The quantitative estimate of drug-likeness (QED) is 0.252. The number of benzene rings is 4. The molecule has 0 aliphatic carbocycles. The highest BCUT2D eigenvalue weighted by Crippen LogP contribution is 2.43. The summed E-state index contributed by atoms with van der Waals surface area (Å²) in [6.07, 6.45) is 0.301. The maximum absolute atomic E-state index is 12.6. The Hall–Kier alpha value is -3.89. The van der Waals surface area contributed by atoms with Gasteiger partial charge in [-0.2, -0.15) is 0 Å². The fourth-order valence-electron chi connectivity index (χ4n) is 6.73. The maximum Gasteiger partial charge on any atom is 0.170 e. The molecule has 0 spiro atoms. The monoisotopic (exact) mass is 590 g/mol. The predicted molar refractivity (Wildman–Crippen MR) is 178 cm³/mol. The van der Waals surface area contributed by atoms with E-state index in [4.69, 9.17) is 9.47 Å². The molecule has 0 saturated carbocycles. The van der Waals surface area contributed by atoms with E-state index in [0.29, 0.717) is 12.8 Å². The molecule has 3 unspecified atom stereocenters. The first-order valence-electron chi connectivity index (χ1n) is 15.7. The van der Waals surface area contributed by atoms with Crippen molar-refractivity contribution in [3.05, 3.63) is 126 Å². The van der Waals surface area contributed by atoms with Gasteiger partial charge in [-0.25, -0.2) is 0 Å². The molecule has 0 radical (unpaired) electrons. The van der Waals surface area contributed by atoms with Gasteiger partial charge in [0.15, 0.2) is 5.78 Å². The smallest absolute Gasteiger partial charge is 0.170 e. The van der Waals surface area contributed by atoms with Crippen molar-refractivity contribution in [3.8, 4) is 11.5 Å². The summed E-state index contributed by atoms with van der Waals surface area (Å²) in [5.74, 6) is 1.74. The lowest BCUT2D eigenvalue weighted by molar-refractivity contribution is 0.0650. The molecule has 4 heteroatoms. The first kappa shape index (κ1) is 31.5. The van der Waals surface area contributed by atoms with Crippen molar-refractivity contribution in [2.24, 2.45) is 0 Å². The number of rotatable bonds is 2. The molecule has 0 bridgehead atoms. The van der Waals surface area contributed by atoms with Crippen LogP contribution in [-0.2, 0) is 0 Å². The van der Waals surface area contributed by atoms with Crippen LogP contribution in [0.2, 0.25) is 0 Å². The second-order valence-electron chi connectivity index (χ2n) is 13.1. The summed E-state index contributed by atoms with van der Waals surface area (Å²) in [6, 6.07) is 16.8. The van der Waals surface area contributed by atoms with Crippen LogP contribution in [-0.4, -0.2) is 10.9 Å². The molecule has 0 fully saturated rings. The largest absolute Gasteiger partial charge is 0.485 e. The zero-order valence-corrected chi connectivity index (χ0v) is 27.9. The van der Waals surface area contributed by atoms with E-state index in [1.165, 1.54) is 38.9 Å². The summed E-state index contributed by atoms with van der Waals surface area (Å²) in [5, 5.41) is 10.6. The fraction of sp³-hybridized carbons (Fsp3) is 0.375. The number of hydrogen-bond donors (Lipinski definition) is 1. The number of aryl methyl sites for hydroxylation is 8. The third-order valence-corrected chi connectivity index (χ3v) is 9.54. The second-order valence-corrected chi connectivity index (χ2v) is 13.1. The number of ketones is 1. The molecule has 1 N–H and O–H groups in total. The van der Waals surface area contributed by atoms with Gasteiger partial charge in [-0.1, -0.05) is 36.4 Å². The zero-order valence-electron chi connectivity index (χ0n) is 27.9. The van der Waals surface area contributed by atoms with E-state index in [2.05, 4.69) is 78.8 Å². The molecule has 0 amide bonds. The summed E-state index contributed by atoms with van der Waals surface area (Å²) >= 11 is 0. The minimum atomic E-state index is -0.462. The van der Waals surface area contributed by atoms with E-state index in [-0.39, 0.29) is 18.0 Å². The Balaban J connectivity index is 0.000000175. The Morgan fingerprint density at radius 3 is 1.57 bits per heavy atom. The lowest BCUT2D eigenvalue weighted by Gasteiger charge is -2.32. The van der Waals surface area contributed by atoms with Gasteiger partial charge in [-0.15, -0.1) is 0 Å². The van der Waals surface area contributed by atoms with Crippen molar-refractivity contribution >= 4 is 5.78 Å². The number of carbonyl (C=O) groups is 1. The third kappa shape index (κ3) is 6.19. The Morgan fingerprint density at radius 2 is 1.02 bits per heavy atom. The number of fused-ring (bicyclic) bond motifs is 2. The van der Waals surface area contributed by atoms with E-state index in [1.54, 1.807) is 0 Å². The molecule has 2 aliphatic rings. The van der Waals surface area contributed by atoms with Crippen LogP contribution in [0.15, 0.2) is 48.5 Å². The van der Waals surface area contributed by atoms with Crippen molar-refractivity contribution in [3.63, 3.8) is 0 Å². The number of carbonyl (C=O) groups excluding carboxylic acids is 1. The average molecular weight is 591 g/mol. The highest BCUT2D eigenvalue weighted by molar-refractivity contribution is 6.01. The Bertz CT molecular complexity index is 1720. The third-order valence-electron chi connectivity index (χ3n) is 9.54. The highest BCUT2D eigenvalue weighted by atomic mass is 16.5. The van der Waals surface area contributed by atoms with Gasteiger partial charge in [-0.05, 0) is 148 Å². The number of aliphatic hydroxyl groups is 1. The molecule has 44 heavy (non-hydrogen) atoms. The molecular weight excluding hydrogens is 544 g/mol. The highest BCUT2D eigenvalue weighted by Gasteiger charge is 2.31. The van der Waals surface area contributed by atoms with Crippen LogP contribution in [0.4, 0.5) is 0 Å². The van der Waals surface area contributed by atoms with E-state index < -0.39 is 6.10 Å². The predicted octanol–water partition coefficient (Wildman–Crippen LogP) is 9.72. The summed E-state index contributed by atoms with van der Waals surface area (Å²) in [6.45, 7) is 20.9. The summed E-state index contributed by atoms with van der Waals surface area (Å²) in [5.41, 5.74) is 16.0. The molecule has 4 aromatic rings. The molecule has 3 atom stereocenters. The van der Waals surface area contributed by atoms with Crippen LogP contribution < -0.4 is 9.47 Å². The van der Waals surface area contributed by atoms with Crippen LogP contribution in [0, 0.1) is 69.2 Å². The first-order chi connectivity index (χ1) is 20.7. The van der Waals surface area contributed by atoms with Crippen molar-refractivity contribution in [2.45, 2.75) is 100 Å². The molecule has 0 aromatic heterocycles. The van der Waals surface area contributed by atoms with Gasteiger partial charge >= 0.3 is 0 Å². The van der Waals surface area contributed by atoms with Gasteiger partial charge in [0.25, 0.3) is 0 Å². The Labute approximate surface area is 263 Å². The lowest BCUT2D eigenvalue weighted by Crippen LogP contribution is -2.21. The van der Waals surface area contributed by atoms with E-state index >= 15 is 0 Å². The van der Waals surface area contributed by atoms with Crippen molar-refractivity contribution in [1.82, 2.24) is 0 Å². The molecule has 4 aromatic carbocycles. The minimum Gasteiger partial charge on any atom is -0.485 e. The Morgan fingerprint density at radius 1 is 0.568 bits per heavy atom. The van der Waals surface area contributed by atoms with Crippen molar-refractivity contribution in [1.29, 1.82) is 0 Å². The van der Waals surface area contributed by atoms with Gasteiger partial charge in [0, 0.05) is 12.0 Å². The van der Waals surface area contributed by atoms with Crippen LogP contribution in [0.1, 0.15) is 114 Å². The van der Waals surface area contributed by atoms with Crippen molar-refractivity contribution in [2.75, 3.05) is 0 Å². The normalized spacial score (nSPS) is 18.8. The molecule has 6 rings (SSSR count). The standard InChI is InChI=1S/C20H24O2.C20H22O2/c2*1-11-6-14(4)20-17(21)10-18(22-19(20)7-11)16-8-12(2)15(5)13(3)9-16/h6-9,17-18,21H,10H2,1-5H3;6-9,18H,10H2,1-5H3. The molecular formula is C40H46O4. The van der Waals surface area contributed by atoms with Gasteiger partial charge in [0.2, 0.25) is 0 Å². The van der Waals surface area contributed by atoms with Crippen LogP contribution >= 0.6 is 0 Å². The van der Waals surface area contributed by atoms with Crippen molar-refractivity contribution < 1.29 is 19.4 Å². The molecule has 0 saturated heterocycles. The molecule has 2 aliphatic heterocycles. The second kappa shape index (κ2) is 12.2. The molecule has 4 nitrogen and oxygen atoms in total. The van der Waals surface area contributed by atoms with Gasteiger partial charge in [0.05, 0.1) is 18.1 Å². The number of ether oxygens (including phenoxy) is 2. The summed E-state index contributed by atoms with van der Waals surface area (Å²) in [7, 11) is 0. The van der Waals surface area contributed by atoms with Gasteiger partial charge in [0.1, 0.15) is 23.7 Å².